The largest absolute Gasteiger partial charge is 0.508 e. The molecule has 0 fully saturated rings. The Morgan fingerprint density at radius 3 is 2.77 bits per heavy atom. The molecule has 0 amide bonds. The summed E-state index contributed by atoms with van der Waals surface area (Å²) in [6.45, 7) is 6.59. The number of hydrogen-bond donors (Lipinski definition) is 0. The minimum atomic E-state index is -0.501. The molecule has 4 nitrogen and oxygen atoms in total. The number of rotatable bonds is 1. The second kappa shape index (κ2) is 4.09. The number of carbonyl (C=O) groups is 1. The molecular formula is C8H5N2O2Rf-. The van der Waals surface area contributed by atoms with Crippen LogP contribution in [-0.2, 0) is 4.74 Å². The van der Waals surface area contributed by atoms with Crippen molar-refractivity contribution in [2.24, 2.45) is 0 Å². The van der Waals surface area contributed by atoms with E-state index in [-0.39, 0.29) is 11.4 Å². The van der Waals surface area contributed by atoms with E-state index >= 15 is 0 Å². The van der Waals surface area contributed by atoms with E-state index in [0.29, 0.717) is 0 Å². The molecule has 5 heteroatoms. The molecular weight excluding hydrogens is 423 g/mol. The van der Waals surface area contributed by atoms with Crippen LogP contribution >= 0.6 is 0 Å². The zero-order valence-corrected chi connectivity index (χ0v) is 13.5. The maximum Gasteiger partial charge on any atom is 0.320 e. The Labute approximate surface area is 69.6 Å². The summed E-state index contributed by atoms with van der Waals surface area (Å²) in [6, 6.07) is 2.89. The Kier molecular flexibility index (Phi) is 3.18. The molecule has 0 saturated carbocycles. The van der Waals surface area contributed by atoms with Crippen molar-refractivity contribution in [3.8, 4) is 0 Å². The van der Waals surface area contributed by atoms with Crippen molar-refractivity contribution in [3.05, 3.63) is 35.3 Å². The van der Waals surface area contributed by atoms with Crippen molar-refractivity contribution in [1.82, 2.24) is 4.98 Å². The minimum Gasteiger partial charge on any atom is -0.508 e. The third-order valence-corrected chi connectivity index (χ3v) is 1.21. The molecule has 0 aliphatic carbocycles. The third-order valence-electron chi connectivity index (χ3n) is 1.21. The summed E-state index contributed by atoms with van der Waals surface area (Å²) in [5, 5.41) is 0. The Morgan fingerprint density at radius 2 is 2.38 bits per heavy atom. The van der Waals surface area contributed by atoms with Crippen molar-refractivity contribution >= 4 is 11.8 Å². The molecule has 0 unspecified atom stereocenters. The number of pyridine rings is 1. The van der Waals surface area contributed by atoms with Crippen LogP contribution in [0, 0.1) is 12.8 Å². The van der Waals surface area contributed by atoms with Gasteiger partial charge in [-0.2, -0.15) is 0 Å². The molecule has 13 heavy (non-hydrogen) atoms. The molecule has 62 valence electrons. The van der Waals surface area contributed by atoms with Crippen molar-refractivity contribution in [1.29, 1.82) is 0 Å². The van der Waals surface area contributed by atoms with Gasteiger partial charge in [0.15, 0.2) is 0 Å². The zero-order chi connectivity index (χ0) is 8.97. The van der Waals surface area contributed by atoms with Gasteiger partial charge in [0.1, 0.15) is 6.20 Å². The van der Waals surface area contributed by atoms with Gasteiger partial charge in [0.05, 0.1) is 7.11 Å². The Bertz CT molecular complexity index is 329. The molecule has 0 N–H and O–H groups in total. The van der Waals surface area contributed by atoms with E-state index in [1.54, 1.807) is 0 Å². The maximum absolute atomic E-state index is 10.8. The standard InChI is InChI=1S/C8H5N2O2.Rf/c1-9-7-4-3-6(5-10-7)8(11)12-2;/h3-4H,2H3;/q-1;. The summed E-state index contributed by atoms with van der Waals surface area (Å²) in [5.41, 5.74) is 0.227. The van der Waals surface area contributed by atoms with Crippen LogP contribution in [0.3, 0.4) is 0 Å². The van der Waals surface area contributed by atoms with E-state index in [4.69, 9.17) is 6.57 Å². The fraction of sp³-hybridized carbons (Fsp3) is 0.125. The Hall–Kier alpha value is -2.89. The first-order chi connectivity index (χ1) is 5.77. The van der Waals surface area contributed by atoms with Crippen LogP contribution < -0.4 is 0 Å². The van der Waals surface area contributed by atoms with E-state index in [1.165, 1.54) is 19.2 Å². The topological polar surface area (TPSA) is 43.5 Å². The van der Waals surface area contributed by atoms with Gasteiger partial charge < -0.3 is 14.4 Å². The van der Waals surface area contributed by atoms with Gasteiger partial charge in [-0.15, -0.1) is 11.1 Å². The number of hydrogen-bond acceptors (Lipinski definition) is 3. The number of esters is 1. The van der Waals surface area contributed by atoms with Crippen LogP contribution in [0.4, 0.5) is 5.82 Å². The number of ether oxygens (including phenoxy) is 1. The zero-order valence-electron chi connectivity index (χ0n) is 7.07. The predicted molar refractivity (Wildman–Crippen MR) is 40.7 cm³/mol. The summed E-state index contributed by atoms with van der Waals surface area (Å²) in [5.74, 6) is -0.290. The van der Waals surface area contributed by atoms with E-state index in [9.17, 15) is 4.79 Å². The molecule has 0 aliphatic rings. The normalized spacial score (nSPS) is 8.00. The van der Waals surface area contributed by atoms with Crippen LogP contribution in [-0.4, -0.2) is 18.1 Å². The minimum absolute atomic E-state index is 0. The van der Waals surface area contributed by atoms with Gasteiger partial charge >= 0.3 is 5.82 Å². The SMILES string of the molecule is [C-]#[N+]c1ccc(C(=O)OC)[c-]n1.[Rf]. The van der Waals surface area contributed by atoms with E-state index in [2.05, 4.69) is 20.8 Å². The Balaban J connectivity index is 0.00000144. The molecule has 0 saturated heterocycles. The smallest absolute Gasteiger partial charge is 0.320 e. The van der Waals surface area contributed by atoms with Crippen LogP contribution in [0.25, 0.3) is 4.85 Å². The summed E-state index contributed by atoms with van der Waals surface area (Å²) in [7, 11) is 1.28. The fourth-order valence-electron chi connectivity index (χ4n) is 0.636. The van der Waals surface area contributed by atoms with E-state index in [0.717, 1.165) is 0 Å². The molecule has 1 aromatic rings. The average molecular weight is 428 g/mol. The maximum atomic E-state index is 10.8. The molecule has 0 aromatic carbocycles. The molecule has 0 bridgehead atoms. The summed E-state index contributed by atoms with van der Waals surface area (Å²) < 4.78 is 4.42. The molecule has 0 aliphatic heterocycles. The monoisotopic (exact) mass is 428 g/mol. The number of carbonyl (C=O) groups excluding carboxylic acids is 1. The van der Waals surface area contributed by atoms with Crippen LogP contribution in [0.2, 0.25) is 0 Å². The van der Waals surface area contributed by atoms with Gasteiger partial charge in [0, 0.05) is 0 Å². The first kappa shape index (κ1) is 10.1. The van der Waals surface area contributed by atoms with Gasteiger partial charge in [-0.3, -0.25) is 0 Å². The first-order valence-electron chi connectivity index (χ1n) is 3.12. The predicted octanol–water partition coefficient (Wildman–Crippen LogP) is 1.22. The second-order valence-electron chi connectivity index (χ2n) is 1.93. The average Bonchev–Trinajstić information content (AvgIpc) is 2.17. The van der Waals surface area contributed by atoms with Gasteiger partial charge in [-0.05, 0) is 11.6 Å². The van der Waals surface area contributed by atoms with Gasteiger partial charge in [0.25, 0.3) is 5.97 Å². The van der Waals surface area contributed by atoms with Crippen LogP contribution in [0.15, 0.2) is 12.1 Å². The number of methoxy groups -OCH3 is 1. The second-order valence-corrected chi connectivity index (χ2v) is 1.93. The Morgan fingerprint density at radius 1 is 1.69 bits per heavy atom. The summed E-state index contributed by atoms with van der Waals surface area (Å²) in [4.78, 5) is 17.5. The number of aromatic nitrogens is 1. The molecule has 1 heterocycles. The van der Waals surface area contributed by atoms with E-state index < -0.39 is 5.97 Å². The fourth-order valence-corrected chi connectivity index (χ4v) is 0.636. The molecule has 0 atom stereocenters. The van der Waals surface area contributed by atoms with Gasteiger partial charge in [0.2, 0.25) is 0 Å². The van der Waals surface area contributed by atoms with E-state index in [1.807, 2.05) is 0 Å². The van der Waals surface area contributed by atoms with Gasteiger partial charge in [-0.1, -0.05) is 6.57 Å². The molecule has 0 radical (unpaired) electrons. The van der Waals surface area contributed by atoms with Crippen LogP contribution in [0.1, 0.15) is 10.4 Å². The van der Waals surface area contributed by atoms with Crippen molar-refractivity contribution < 1.29 is 9.53 Å². The number of nitrogens with zero attached hydrogens (tertiary/aromatic N) is 2. The first-order valence-corrected chi connectivity index (χ1v) is 3.12. The summed E-state index contributed by atoms with van der Waals surface area (Å²) in [6.07, 6.45) is 2.40. The van der Waals surface area contributed by atoms with Gasteiger partial charge in [-0.25, -0.2) is 0 Å². The molecule has 0 spiro atoms. The van der Waals surface area contributed by atoms with Crippen LogP contribution in [0.5, 0.6) is 0 Å². The quantitative estimate of drug-likeness (QED) is 0.500. The van der Waals surface area contributed by atoms with Crippen molar-refractivity contribution in [3.63, 3.8) is 0 Å². The summed E-state index contributed by atoms with van der Waals surface area (Å²) >= 11 is 0. The molecule has 1 rings (SSSR count). The molecule has 1 aromatic heterocycles. The van der Waals surface area contributed by atoms with Crippen molar-refractivity contribution in [2.45, 2.75) is 0 Å². The third kappa shape index (κ3) is 2.02. The van der Waals surface area contributed by atoms with Crippen molar-refractivity contribution in [2.75, 3.05) is 7.11 Å².